The minimum atomic E-state index is -1.21. The molecule has 0 bridgehead atoms. The van der Waals surface area contributed by atoms with Crippen LogP contribution in [0.1, 0.15) is 12.5 Å². The maximum atomic E-state index is 11.5. The zero-order chi connectivity index (χ0) is 15.8. The predicted octanol–water partition coefficient (Wildman–Crippen LogP) is 0.416. The van der Waals surface area contributed by atoms with Crippen LogP contribution in [0.4, 0.5) is 4.79 Å². The van der Waals surface area contributed by atoms with E-state index in [-0.39, 0.29) is 24.5 Å². The lowest BCUT2D eigenvalue weighted by molar-refractivity contribution is -0.139. The van der Waals surface area contributed by atoms with Crippen molar-refractivity contribution in [3.05, 3.63) is 23.8 Å². The summed E-state index contributed by atoms with van der Waals surface area (Å²) >= 11 is 0. The van der Waals surface area contributed by atoms with Crippen LogP contribution >= 0.6 is 0 Å². The lowest BCUT2D eigenvalue weighted by Crippen LogP contribution is -2.47. The minimum Gasteiger partial charge on any atom is -0.504 e. The largest absolute Gasteiger partial charge is 0.504 e. The molecule has 0 saturated carbocycles. The predicted molar refractivity (Wildman–Crippen MR) is 74.9 cm³/mol. The molecular formula is C14H16N2O5. The van der Waals surface area contributed by atoms with Gasteiger partial charge < -0.3 is 26.0 Å². The summed E-state index contributed by atoms with van der Waals surface area (Å²) in [5, 5.41) is 32.4. The Kier molecular flexibility index (Phi) is 5.89. The first-order chi connectivity index (χ1) is 9.93. The van der Waals surface area contributed by atoms with E-state index in [1.165, 1.54) is 18.2 Å². The van der Waals surface area contributed by atoms with Crippen molar-refractivity contribution in [3.8, 4) is 23.3 Å². The molecule has 0 aliphatic heterocycles. The summed E-state index contributed by atoms with van der Waals surface area (Å²) in [6.45, 7) is 1.74. The van der Waals surface area contributed by atoms with E-state index in [9.17, 15) is 19.8 Å². The second kappa shape index (κ2) is 7.65. The van der Waals surface area contributed by atoms with Gasteiger partial charge >= 0.3 is 12.0 Å². The fourth-order valence-corrected chi connectivity index (χ4v) is 1.55. The van der Waals surface area contributed by atoms with E-state index in [0.29, 0.717) is 5.56 Å². The van der Waals surface area contributed by atoms with Gasteiger partial charge in [-0.2, -0.15) is 0 Å². The van der Waals surface area contributed by atoms with Crippen LogP contribution in [0.2, 0.25) is 0 Å². The molecule has 1 aromatic carbocycles. The molecule has 0 saturated heterocycles. The van der Waals surface area contributed by atoms with Crippen molar-refractivity contribution in [2.75, 3.05) is 6.54 Å². The van der Waals surface area contributed by atoms with Crippen LogP contribution < -0.4 is 10.6 Å². The monoisotopic (exact) mass is 292 g/mol. The van der Waals surface area contributed by atoms with Gasteiger partial charge in [-0.15, -0.1) is 5.92 Å². The van der Waals surface area contributed by atoms with Crippen molar-refractivity contribution >= 4 is 12.0 Å². The van der Waals surface area contributed by atoms with Crippen molar-refractivity contribution in [3.63, 3.8) is 0 Å². The fraction of sp³-hybridized carbons (Fsp3) is 0.286. The molecule has 7 nitrogen and oxygen atoms in total. The van der Waals surface area contributed by atoms with Crippen molar-refractivity contribution in [2.24, 2.45) is 0 Å². The van der Waals surface area contributed by atoms with E-state index < -0.39 is 18.0 Å². The Morgan fingerprint density at radius 1 is 1.29 bits per heavy atom. The van der Waals surface area contributed by atoms with E-state index in [1.807, 2.05) is 0 Å². The van der Waals surface area contributed by atoms with Crippen LogP contribution in [-0.4, -0.2) is 39.9 Å². The molecule has 0 heterocycles. The molecule has 2 amide bonds. The van der Waals surface area contributed by atoms with Crippen LogP contribution in [0.3, 0.4) is 0 Å². The van der Waals surface area contributed by atoms with E-state index >= 15 is 0 Å². The SMILES string of the molecule is CC#CCNC(=O)NC(Cc1ccc(O)c(O)c1)C(=O)O. The second-order valence-corrected chi connectivity index (χ2v) is 4.17. The number of hydrogen-bond acceptors (Lipinski definition) is 4. The molecular weight excluding hydrogens is 276 g/mol. The van der Waals surface area contributed by atoms with Crippen molar-refractivity contribution in [1.82, 2.24) is 10.6 Å². The molecule has 0 spiro atoms. The first-order valence-corrected chi connectivity index (χ1v) is 6.11. The second-order valence-electron chi connectivity index (χ2n) is 4.17. The number of carboxylic acid groups (broad SMARTS) is 1. The van der Waals surface area contributed by atoms with Gasteiger partial charge in [-0.05, 0) is 24.6 Å². The van der Waals surface area contributed by atoms with Gasteiger partial charge in [0, 0.05) is 6.42 Å². The van der Waals surface area contributed by atoms with Crippen molar-refractivity contribution < 1.29 is 24.9 Å². The number of urea groups is 1. The molecule has 0 radical (unpaired) electrons. The molecule has 1 unspecified atom stereocenters. The summed E-state index contributed by atoms with van der Waals surface area (Å²) < 4.78 is 0. The molecule has 5 N–H and O–H groups in total. The molecule has 0 aliphatic carbocycles. The van der Waals surface area contributed by atoms with E-state index in [4.69, 9.17) is 5.11 Å². The van der Waals surface area contributed by atoms with Gasteiger partial charge in [0.1, 0.15) is 6.04 Å². The van der Waals surface area contributed by atoms with Gasteiger partial charge in [0.25, 0.3) is 0 Å². The molecule has 112 valence electrons. The Hall–Kier alpha value is -2.88. The summed E-state index contributed by atoms with van der Waals surface area (Å²) in [5.74, 6) is 3.35. The molecule has 21 heavy (non-hydrogen) atoms. The minimum absolute atomic E-state index is 0.0317. The molecule has 0 fully saturated rings. The number of carboxylic acids is 1. The number of benzene rings is 1. The summed E-state index contributed by atoms with van der Waals surface area (Å²) in [4.78, 5) is 22.6. The Bertz CT molecular complexity index is 589. The highest BCUT2D eigenvalue weighted by Gasteiger charge is 2.20. The number of hydrogen-bond donors (Lipinski definition) is 5. The van der Waals surface area contributed by atoms with Gasteiger partial charge in [0.15, 0.2) is 11.5 Å². The van der Waals surface area contributed by atoms with E-state index in [1.54, 1.807) is 6.92 Å². The summed E-state index contributed by atoms with van der Waals surface area (Å²) in [6, 6.07) is 2.15. The number of rotatable bonds is 5. The number of aromatic hydroxyl groups is 2. The standard InChI is InChI=1S/C14H16N2O5/c1-2-3-6-15-14(21)16-10(13(19)20)7-9-4-5-11(17)12(18)8-9/h4-5,8,10,17-18H,6-7H2,1H3,(H,19,20)(H2,15,16,21). The lowest BCUT2D eigenvalue weighted by Gasteiger charge is -2.15. The summed E-state index contributed by atoms with van der Waals surface area (Å²) in [7, 11) is 0. The van der Waals surface area contributed by atoms with Gasteiger partial charge in [0.2, 0.25) is 0 Å². The molecule has 1 aromatic rings. The van der Waals surface area contributed by atoms with Crippen molar-refractivity contribution in [2.45, 2.75) is 19.4 Å². The maximum absolute atomic E-state index is 11.5. The molecule has 7 heteroatoms. The first kappa shape index (κ1) is 16.2. The number of nitrogens with one attached hydrogen (secondary N) is 2. The summed E-state index contributed by atoms with van der Waals surface area (Å²) in [5.41, 5.74) is 0.464. The van der Waals surface area contributed by atoms with Gasteiger partial charge in [-0.1, -0.05) is 12.0 Å². The van der Waals surface area contributed by atoms with E-state index in [2.05, 4.69) is 22.5 Å². The van der Waals surface area contributed by atoms with Crippen LogP contribution in [0.15, 0.2) is 18.2 Å². The highest BCUT2D eigenvalue weighted by atomic mass is 16.4. The first-order valence-electron chi connectivity index (χ1n) is 6.11. The third-order valence-electron chi connectivity index (χ3n) is 2.60. The third-order valence-corrected chi connectivity index (χ3v) is 2.60. The van der Waals surface area contributed by atoms with Gasteiger partial charge in [0.05, 0.1) is 6.54 Å². The topological polar surface area (TPSA) is 119 Å². The lowest BCUT2D eigenvalue weighted by atomic mass is 10.1. The average Bonchev–Trinajstić information content (AvgIpc) is 2.42. The molecule has 1 rings (SSSR count). The number of amides is 2. The van der Waals surface area contributed by atoms with Crippen LogP contribution in [-0.2, 0) is 11.2 Å². The van der Waals surface area contributed by atoms with Crippen molar-refractivity contribution in [1.29, 1.82) is 0 Å². The normalized spacial score (nSPS) is 10.9. The van der Waals surface area contributed by atoms with Gasteiger partial charge in [-0.3, -0.25) is 0 Å². The quantitative estimate of drug-likeness (QED) is 0.398. The molecule has 1 atom stereocenters. The Labute approximate surface area is 121 Å². The average molecular weight is 292 g/mol. The zero-order valence-electron chi connectivity index (χ0n) is 11.4. The van der Waals surface area contributed by atoms with Gasteiger partial charge in [-0.25, -0.2) is 9.59 Å². The number of carbonyl (C=O) groups excluding carboxylic acids is 1. The highest BCUT2D eigenvalue weighted by Crippen LogP contribution is 2.25. The van der Waals surface area contributed by atoms with Crippen LogP contribution in [0.5, 0.6) is 11.5 Å². The molecule has 0 aliphatic rings. The number of carbonyl (C=O) groups is 2. The smallest absolute Gasteiger partial charge is 0.326 e. The molecule has 0 aromatic heterocycles. The Morgan fingerprint density at radius 2 is 2.00 bits per heavy atom. The fourth-order valence-electron chi connectivity index (χ4n) is 1.55. The number of phenols is 2. The number of aliphatic carboxylic acids is 1. The number of phenolic OH excluding ortho intramolecular Hbond substituents is 2. The van der Waals surface area contributed by atoms with Crippen LogP contribution in [0.25, 0.3) is 0 Å². The summed E-state index contributed by atoms with van der Waals surface area (Å²) in [6.07, 6.45) is -0.0317. The van der Waals surface area contributed by atoms with Crippen LogP contribution in [0, 0.1) is 11.8 Å². The highest BCUT2D eigenvalue weighted by molar-refractivity contribution is 5.82. The zero-order valence-corrected chi connectivity index (χ0v) is 11.4. The maximum Gasteiger partial charge on any atom is 0.326 e. The Balaban J connectivity index is 2.68. The Morgan fingerprint density at radius 3 is 2.57 bits per heavy atom. The van der Waals surface area contributed by atoms with E-state index in [0.717, 1.165) is 0 Å². The third kappa shape index (κ3) is 5.32.